The number of nitrogens with zero attached hydrogens (tertiary/aromatic N) is 1. The van der Waals surface area contributed by atoms with Gasteiger partial charge in [0.2, 0.25) is 5.91 Å². The Bertz CT molecular complexity index is 1010. The molecule has 0 spiro atoms. The van der Waals surface area contributed by atoms with E-state index in [0.29, 0.717) is 43.7 Å². The highest BCUT2D eigenvalue weighted by molar-refractivity contribution is 5.98. The minimum Gasteiger partial charge on any atom is -0.494 e. The minimum atomic E-state index is -0.0965. The van der Waals surface area contributed by atoms with Crippen molar-refractivity contribution in [3.63, 3.8) is 0 Å². The molecule has 0 aromatic heterocycles. The predicted octanol–water partition coefficient (Wildman–Crippen LogP) is 3.96. The number of piperidine rings is 1. The van der Waals surface area contributed by atoms with Crippen LogP contribution in [0.15, 0.2) is 42.5 Å². The van der Waals surface area contributed by atoms with Gasteiger partial charge in [-0.1, -0.05) is 12.1 Å². The molecule has 1 fully saturated rings. The first-order chi connectivity index (χ1) is 16.0. The largest absolute Gasteiger partial charge is 0.494 e. The number of ether oxygens (including phenoxy) is 1. The first-order valence-corrected chi connectivity index (χ1v) is 12.0. The van der Waals surface area contributed by atoms with Crippen molar-refractivity contribution in [3.05, 3.63) is 64.7 Å². The molecule has 0 unspecified atom stereocenters. The fraction of sp³-hybridized carbons (Fsp3) is 0.444. The maximum absolute atomic E-state index is 12.7. The molecule has 2 aromatic carbocycles. The molecule has 2 aromatic rings. The van der Waals surface area contributed by atoms with E-state index in [4.69, 9.17) is 4.74 Å². The summed E-state index contributed by atoms with van der Waals surface area (Å²) >= 11 is 0. The van der Waals surface area contributed by atoms with Gasteiger partial charge >= 0.3 is 0 Å². The maximum atomic E-state index is 12.7. The monoisotopic (exact) mass is 448 g/mol. The summed E-state index contributed by atoms with van der Waals surface area (Å²) < 4.78 is 5.43. The number of carbonyl (C=O) groups is 3. The van der Waals surface area contributed by atoms with Gasteiger partial charge < -0.3 is 15.0 Å². The predicted molar refractivity (Wildman–Crippen MR) is 127 cm³/mol. The topological polar surface area (TPSA) is 75.7 Å². The summed E-state index contributed by atoms with van der Waals surface area (Å²) in [6.07, 6.45) is 5.13. The summed E-state index contributed by atoms with van der Waals surface area (Å²) in [7, 11) is 0. The van der Waals surface area contributed by atoms with Gasteiger partial charge in [0.1, 0.15) is 5.75 Å². The van der Waals surface area contributed by atoms with Crippen LogP contribution >= 0.6 is 0 Å². The Morgan fingerprint density at radius 2 is 1.64 bits per heavy atom. The number of amides is 2. The maximum Gasteiger partial charge on any atom is 0.253 e. The number of aryl methyl sites for hydroxylation is 2. The Balaban J connectivity index is 1.20. The highest BCUT2D eigenvalue weighted by Gasteiger charge is 2.25. The van der Waals surface area contributed by atoms with E-state index in [1.807, 2.05) is 36.1 Å². The molecule has 33 heavy (non-hydrogen) atoms. The smallest absolute Gasteiger partial charge is 0.253 e. The zero-order valence-corrected chi connectivity index (χ0v) is 19.3. The first-order valence-electron chi connectivity index (χ1n) is 12.0. The molecule has 0 saturated carbocycles. The van der Waals surface area contributed by atoms with E-state index in [-0.39, 0.29) is 36.5 Å². The lowest BCUT2D eigenvalue weighted by Gasteiger charge is -2.32. The van der Waals surface area contributed by atoms with E-state index < -0.39 is 0 Å². The van der Waals surface area contributed by atoms with Gasteiger partial charge in [-0.15, -0.1) is 0 Å². The Morgan fingerprint density at radius 3 is 2.36 bits per heavy atom. The summed E-state index contributed by atoms with van der Waals surface area (Å²) in [5.41, 5.74) is 3.98. The Morgan fingerprint density at radius 1 is 0.939 bits per heavy atom. The van der Waals surface area contributed by atoms with E-state index >= 15 is 0 Å². The SMILES string of the molecule is CCOc1ccc(C(=O)N2CCC(NC(=O)CCC(=O)c3ccc4c(c3)CCC4)CC2)cc1. The van der Waals surface area contributed by atoms with Crippen molar-refractivity contribution < 1.29 is 19.1 Å². The highest BCUT2D eigenvalue weighted by atomic mass is 16.5. The number of hydrogen-bond donors (Lipinski definition) is 1. The quantitative estimate of drug-likeness (QED) is 0.621. The molecule has 6 heteroatoms. The number of fused-ring (bicyclic) bond motifs is 1. The van der Waals surface area contributed by atoms with Crippen LogP contribution in [0.5, 0.6) is 5.75 Å². The van der Waals surface area contributed by atoms with Crippen LogP contribution in [0.25, 0.3) is 0 Å². The molecule has 1 saturated heterocycles. The van der Waals surface area contributed by atoms with Gasteiger partial charge in [-0.2, -0.15) is 0 Å². The van der Waals surface area contributed by atoms with Crippen LogP contribution in [0.2, 0.25) is 0 Å². The van der Waals surface area contributed by atoms with E-state index in [2.05, 4.69) is 11.4 Å². The van der Waals surface area contributed by atoms with Gasteiger partial charge in [-0.3, -0.25) is 14.4 Å². The van der Waals surface area contributed by atoms with Crippen LogP contribution in [0.4, 0.5) is 0 Å². The number of nitrogens with one attached hydrogen (secondary N) is 1. The van der Waals surface area contributed by atoms with Gasteiger partial charge in [0.15, 0.2) is 5.78 Å². The van der Waals surface area contributed by atoms with Crippen LogP contribution in [-0.2, 0) is 17.6 Å². The van der Waals surface area contributed by atoms with E-state index in [9.17, 15) is 14.4 Å². The number of ketones is 1. The van der Waals surface area contributed by atoms with Crippen molar-refractivity contribution >= 4 is 17.6 Å². The molecule has 1 aliphatic carbocycles. The second-order valence-electron chi connectivity index (χ2n) is 8.85. The molecule has 0 atom stereocenters. The minimum absolute atomic E-state index is 0.00256. The summed E-state index contributed by atoms with van der Waals surface area (Å²) in [6.45, 7) is 3.72. The second kappa shape index (κ2) is 10.6. The first kappa shape index (κ1) is 23.0. The van der Waals surface area contributed by atoms with Crippen molar-refractivity contribution in [3.8, 4) is 5.75 Å². The molecule has 6 nitrogen and oxygen atoms in total. The van der Waals surface area contributed by atoms with Gasteiger partial charge in [0.05, 0.1) is 6.61 Å². The van der Waals surface area contributed by atoms with Crippen LogP contribution in [0.3, 0.4) is 0 Å². The molecule has 2 amide bonds. The average molecular weight is 449 g/mol. The average Bonchev–Trinajstić information content (AvgIpc) is 3.31. The third kappa shape index (κ3) is 5.81. The number of benzene rings is 2. The van der Waals surface area contributed by atoms with Gasteiger partial charge in [-0.05, 0) is 80.5 Å². The Hall–Kier alpha value is -3.15. The fourth-order valence-corrected chi connectivity index (χ4v) is 4.69. The van der Waals surface area contributed by atoms with Gasteiger partial charge in [0.25, 0.3) is 5.91 Å². The second-order valence-corrected chi connectivity index (χ2v) is 8.85. The number of rotatable bonds is 8. The molecule has 174 valence electrons. The number of likely N-dealkylation sites (tertiary alicyclic amines) is 1. The summed E-state index contributed by atoms with van der Waals surface area (Å²) in [4.78, 5) is 39.5. The Labute approximate surface area is 195 Å². The standard InChI is InChI=1S/C27H32N2O4/c1-2-33-24-10-8-20(9-11-24)27(32)29-16-14-23(15-17-29)28-26(31)13-12-25(30)22-7-6-19-4-3-5-21(19)18-22/h6-11,18,23H,2-5,12-17H2,1H3,(H,28,31). The molecule has 4 rings (SSSR count). The van der Waals surface area contributed by atoms with E-state index in [0.717, 1.165) is 25.0 Å². The molecule has 0 bridgehead atoms. The summed E-state index contributed by atoms with van der Waals surface area (Å²) in [6, 6.07) is 13.2. The third-order valence-corrected chi connectivity index (χ3v) is 6.56. The Kier molecular flexibility index (Phi) is 7.43. The van der Waals surface area contributed by atoms with Crippen LogP contribution in [0.1, 0.15) is 70.9 Å². The van der Waals surface area contributed by atoms with Gasteiger partial charge in [0, 0.05) is 43.1 Å². The number of hydrogen-bond acceptors (Lipinski definition) is 4. The van der Waals surface area contributed by atoms with Crippen LogP contribution in [-0.4, -0.2) is 48.2 Å². The van der Waals surface area contributed by atoms with E-state index in [1.165, 1.54) is 11.1 Å². The normalized spacial score (nSPS) is 15.7. The lowest BCUT2D eigenvalue weighted by atomic mass is 10.0. The molecule has 1 heterocycles. The zero-order valence-electron chi connectivity index (χ0n) is 19.3. The van der Waals surface area contributed by atoms with Crippen molar-refractivity contribution in [2.24, 2.45) is 0 Å². The van der Waals surface area contributed by atoms with Crippen molar-refractivity contribution in [1.29, 1.82) is 0 Å². The number of Topliss-reactive ketones (excluding diaryl/α,β-unsaturated/α-hetero) is 1. The molecule has 1 aliphatic heterocycles. The van der Waals surface area contributed by atoms with Crippen LogP contribution in [0, 0.1) is 0 Å². The molecule has 2 aliphatic rings. The van der Waals surface area contributed by atoms with Crippen LogP contribution < -0.4 is 10.1 Å². The van der Waals surface area contributed by atoms with E-state index in [1.54, 1.807) is 12.1 Å². The molecular formula is C27H32N2O4. The van der Waals surface area contributed by atoms with Crippen molar-refractivity contribution in [2.75, 3.05) is 19.7 Å². The zero-order chi connectivity index (χ0) is 23.2. The summed E-state index contributed by atoms with van der Waals surface area (Å²) in [5, 5.41) is 3.04. The fourth-order valence-electron chi connectivity index (χ4n) is 4.69. The van der Waals surface area contributed by atoms with Crippen molar-refractivity contribution in [2.45, 2.75) is 57.9 Å². The molecule has 0 radical (unpaired) electrons. The molecule has 1 N–H and O–H groups in total. The number of carbonyl (C=O) groups excluding carboxylic acids is 3. The van der Waals surface area contributed by atoms with Crippen molar-refractivity contribution in [1.82, 2.24) is 10.2 Å². The highest BCUT2D eigenvalue weighted by Crippen LogP contribution is 2.23. The lowest BCUT2D eigenvalue weighted by Crippen LogP contribution is -2.46. The lowest BCUT2D eigenvalue weighted by molar-refractivity contribution is -0.122. The third-order valence-electron chi connectivity index (χ3n) is 6.56. The molecular weight excluding hydrogens is 416 g/mol. The van der Waals surface area contributed by atoms with Gasteiger partial charge in [-0.25, -0.2) is 0 Å². The summed E-state index contributed by atoms with van der Waals surface area (Å²) in [5.74, 6) is 0.685.